The van der Waals surface area contributed by atoms with Crippen molar-refractivity contribution in [3.63, 3.8) is 0 Å². The summed E-state index contributed by atoms with van der Waals surface area (Å²) in [5.74, 6) is 6.49. The van der Waals surface area contributed by atoms with Crippen LogP contribution in [-0.4, -0.2) is 77.9 Å². The Morgan fingerprint density at radius 1 is 1.07 bits per heavy atom. The van der Waals surface area contributed by atoms with Crippen LogP contribution in [0, 0.1) is 11.8 Å². The number of aromatic nitrogens is 1. The van der Waals surface area contributed by atoms with Gasteiger partial charge >= 0.3 is 6.18 Å². The molecule has 4 rings (SSSR count). The minimum absolute atomic E-state index is 0.0473. The van der Waals surface area contributed by atoms with Gasteiger partial charge in [-0.3, -0.25) is 10.0 Å². The zero-order valence-corrected chi connectivity index (χ0v) is 24.4. The monoisotopic (exact) mass is 605 g/mol. The van der Waals surface area contributed by atoms with Crippen LogP contribution in [-0.2, 0) is 6.54 Å². The molecule has 1 aliphatic rings. The van der Waals surface area contributed by atoms with E-state index >= 15 is 0 Å². The van der Waals surface area contributed by atoms with Crippen LogP contribution < -0.4 is 20.5 Å². The van der Waals surface area contributed by atoms with Gasteiger partial charge in [0.25, 0.3) is 0 Å². The molecule has 1 saturated carbocycles. The summed E-state index contributed by atoms with van der Waals surface area (Å²) in [6.45, 7) is 0.221. The molecule has 2 aromatic carbocycles. The van der Waals surface area contributed by atoms with Gasteiger partial charge in [0, 0.05) is 41.1 Å². The van der Waals surface area contributed by atoms with Crippen molar-refractivity contribution in [2.24, 2.45) is 5.14 Å². The number of benzene rings is 2. The second kappa shape index (κ2) is 14.9. The van der Waals surface area contributed by atoms with Gasteiger partial charge < -0.3 is 30.2 Å². The van der Waals surface area contributed by atoms with E-state index in [1.54, 1.807) is 31.4 Å². The molecular weight excluding hydrogens is 567 g/mol. The molecule has 1 fully saturated rings. The molecule has 3 aromatic rings. The number of rotatable bonds is 12. The number of fused-ring (bicyclic) bond motifs is 1. The number of nitrogens with one attached hydrogen (secondary N) is 2. The third kappa shape index (κ3) is 8.26. The maximum Gasteiger partial charge on any atom is 0.406 e. The van der Waals surface area contributed by atoms with Crippen LogP contribution in [0.5, 0.6) is 5.75 Å². The number of aliphatic hydroxyl groups excluding tert-OH is 2. The van der Waals surface area contributed by atoms with Crippen molar-refractivity contribution in [1.82, 2.24) is 9.47 Å². The van der Waals surface area contributed by atoms with E-state index < -0.39 is 12.7 Å². The van der Waals surface area contributed by atoms with E-state index in [0.29, 0.717) is 41.5 Å². The standard InChI is InChI=1S/C30H38F3N5O3S/c1-41-29-19-24(42-34)11-12-27(29)35-13-3-4-23-18-25-26(5-2-6-28(25)38(23)20-30(31,32)33)36-21-7-9-22(10-8-21)37(14-16-39)15-17-40/h2,5-6,11-12,18-19,21-22,35-36,39-40H,7-10,13-17,20,34H2,1H3. The molecule has 1 aliphatic carbocycles. The van der Waals surface area contributed by atoms with E-state index in [1.807, 2.05) is 18.2 Å². The number of alkyl halides is 3. The Morgan fingerprint density at radius 2 is 1.81 bits per heavy atom. The fourth-order valence-corrected chi connectivity index (χ4v) is 5.89. The summed E-state index contributed by atoms with van der Waals surface area (Å²) in [4.78, 5) is 2.96. The van der Waals surface area contributed by atoms with Crippen molar-refractivity contribution >= 4 is 34.2 Å². The molecule has 0 saturated heterocycles. The van der Waals surface area contributed by atoms with Gasteiger partial charge in [-0.25, -0.2) is 0 Å². The zero-order valence-electron chi connectivity index (χ0n) is 23.6. The lowest BCUT2D eigenvalue weighted by Crippen LogP contribution is -2.43. The van der Waals surface area contributed by atoms with Crippen molar-refractivity contribution in [3.05, 3.63) is 48.2 Å². The van der Waals surface area contributed by atoms with Crippen molar-refractivity contribution in [1.29, 1.82) is 0 Å². The number of hydrogen-bond acceptors (Lipinski definition) is 8. The fourth-order valence-electron chi connectivity index (χ4n) is 5.57. The molecule has 6 N–H and O–H groups in total. The van der Waals surface area contributed by atoms with Gasteiger partial charge in [0.1, 0.15) is 12.3 Å². The molecular formula is C30H38F3N5O3S. The average Bonchev–Trinajstić information content (AvgIpc) is 3.32. The highest BCUT2D eigenvalue weighted by Crippen LogP contribution is 2.33. The number of hydrogen-bond donors (Lipinski definition) is 5. The number of nitrogens with two attached hydrogens (primary N) is 1. The smallest absolute Gasteiger partial charge is 0.406 e. The summed E-state index contributed by atoms with van der Waals surface area (Å²) in [5, 5.41) is 31.8. The SMILES string of the molecule is COc1cc(SN)ccc1NCC#Cc1cc2c(NC3CCC(N(CCO)CCO)CC3)cccc2n1CC(F)(F)F. The zero-order chi connectivity index (χ0) is 30.1. The summed E-state index contributed by atoms with van der Waals surface area (Å²) in [6, 6.07) is 13.0. The summed E-state index contributed by atoms with van der Waals surface area (Å²) < 4.78 is 47.4. The van der Waals surface area contributed by atoms with E-state index in [1.165, 1.54) is 4.57 Å². The number of aliphatic hydroxyl groups is 2. The third-order valence-electron chi connectivity index (χ3n) is 7.52. The first-order chi connectivity index (χ1) is 20.3. The first-order valence-electron chi connectivity index (χ1n) is 13.9. The van der Waals surface area contributed by atoms with E-state index in [0.717, 1.165) is 48.2 Å². The van der Waals surface area contributed by atoms with Crippen LogP contribution in [0.15, 0.2) is 47.4 Å². The predicted molar refractivity (Wildman–Crippen MR) is 162 cm³/mol. The van der Waals surface area contributed by atoms with Crippen LogP contribution >= 0.6 is 11.9 Å². The van der Waals surface area contributed by atoms with Crippen molar-refractivity contribution in [3.8, 4) is 17.6 Å². The van der Waals surface area contributed by atoms with E-state index in [2.05, 4.69) is 27.4 Å². The summed E-state index contributed by atoms with van der Waals surface area (Å²) >= 11 is 1.10. The molecule has 0 atom stereocenters. The minimum Gasteiger partial charge on any atom is -0.495 e. The third-order valence-corrected chi connectivity index (χ3v) is 8.05. The molecule has 8 nitrogen and oxygen atoms in total. The molecule has 0 bridgehead atoms. The summed E-state index contributed by atoms with van der Waals surface area (Å²) in [5.41, 5.74) is 2.24. The number of anilines is 2. The molecule has 228 valence electrons. The van der Waals surface area contributed by atoms with Gasteiger partial charge in [0.05, 0.1) is 43.8 Å². The Balaban J connectivity index is 1.52. The van der Waals surface area contributed by atoms with Crippen LogP contribution in [0.3, 0.4) is 0 Å². The highest BCUT2D eigenvalue weighted by Gasteiger charge is 2.30. The van der Waals surface area contributed by atoms with Gasteiger partial charge in [-0.2, -0.15) is 13.2 Å². The predicted octanol–water partition coefficient (Wildman–Crippen LogP) is 4.65. The largest absolute Gasteiger partial charge is 0.495 e. The number of methoxy groups -OCH3 is 1. The van der Waals surface area contributed by atoms with Crippen LogP contribution in [0.1, 0.15) is 31.4 Å². The highest BCUT2D eigenvalue weighted by molar-refractivity contribution is 7.97. The Kier molecular flexibility index (Phi) is 11.3. The quantitative estimate of drug-likeness (QED) is 0.150. The van der Waals surface area contributed by atoms with Gasteiger partial charge in [0.15, 0.2) is 0 Å². The lowest BCUT2D eigenvalue weighted by Gasteiger charge is -2.37. The van der Waals surface area contributed by atoms with Crippen molar-refractivity contribution in [2.45, 2.75) is 55.4 Å². The fraction of sp³-hybridized carbons (Fsp3) is 0.467. The average molecular weight is 606 g/mol. The van der Waals surface area contributed by atoms with Gasteiger partial charge in [0.2, 0.25) is 0 Å². The maximum atomic E-state index is 13.6. The van der Waals surface area contributed by atoms with Gasteiger partial charge in [-0.1, -0.05) is 12.0 Å². The summed E-state index contributed by atoms with van der Waals surface area (Å²) in [7, 11) is 1.55. The molecule has 0 amide bonds. The highest BCUT2D eigenvalue weighted by atomic mass is 32.2. The normalized spacial score (nSPS) is 17.2. The lowest BCUT2D eigenvalue weighted by molar-refractivity contribution is -0.140. The molecule has 0 radical (unpaired) electrons. The minimum atomic E-state index is -4.41. The van der Waals surface area contributed by atoms with E-state index in [-0.39, 0.29) is 31.5 Å². The number of nitrogens with zero attached hydrogens (tertiary/aromatic N) is 2. The Morgan fingerprint density at radius 3 is 2.45 bits per heavy atom. The van der Waals surface area contributed by atoms with E-state index in [9.17, 15) is 23.4 Å². The Labute approximate surface area is 248 Å². The Hall–Kier alpha value is -3.08. The maximum absolute atomic E-state index is 13.6. The van der Waals surface area contributed by atoms with Crippen LogP contribution in [0.2, 0.25) is 0 Å². The lowest BCUT2D eigenvalue weighted by atomic mass is 9.89. The Bertz CT molecular complexity index is 1370. The van der Waals surface area contributed by atoms with Gasteiger partial charge in [-0.05, 0) is 79.9 Å². The number of ether oxygens (including phenoxy) is 1. The topological polar surface area (TPSA) is 108 Å². The molecule has 1 aromatic heterocycles. The van der Waals surface area contributed by atoms with Crippen molar-refractivity contribution < 1.29 is 28.1 Å². The molecule has 12 heteroatoms. The molecule has 42 heavy (non-hydrogen) atoms. The van der Waals surface area contributed by atoms with Crippen LogP contribution in [0.25, 0.3) is 10.9 Å². The second-order valence-corrected chi connectivity index (χ2v) is 10.9. The molecule has 1 heterocycles. The summed E-state index contributed by atoms with van der Waals surface area (Å²) in [6.07, 6.45) is -0.835. The first-order valence-corrected chi connectivity index (χ1v) is 14.8. The van der Waals surface area contributed by atoms with E-state index in [4.69, 9.17) is 9.88 Å². The van der Waals surface area contributed by atoms with Gasteiger partial charge in [-0.15, -0.1) is 0 Å². The molecule has 0 unspecified atom stereocenters. The molecule has 0 aliphatic heterocycles. The molecule has 0 spiro atoms. The van der Waals surface area contributed by atoms with Crippen LogP contribution in [0.4, 0.5) is 24.5 Å². The van der Waals surface area contributed by atoms with Crippen molar-refractivity contribution in [2.75, 3.05) is 50.6 Å². The second-order valence-electron chi connectivity index (χ2n) is 10.2. The number of halogens is 3. The first kappa shape index (κ1) is 31.8.